The zero-order valence-electron chi connectivity index (χ0n) is 17.8. The minimum atomic E-state index is -3.49. The van der Waals surface area contributed by atoms with E-state index in [0.717, 1.165) is 24.2 Å². The van der Waals surface area contributed by atoms with Gasteiger partial charge >= 0.3 is 0 Å². The molecular formula is C22H28N4O4S. The smallest absolute Gasteiger partial charge is 0.248 e. The molecule has 166 valence electrons. The summed E-state index contributed by atoms with van der Waals surface area (Å²) in [7, 11) is -3.49. The highest BCUT2D eigenvalue weighted by atomic mass is 32.2. The third-order valence-electron chi connectivity index (χ3n) is 5.45. The van der Waals surface area contributed by atoms with Gasteiger partial charge in [-0.25, -0.2) is 8.42 Å². The number of amides is 2. The van der Waals surface area contributed by atoms with Crippen molar-refractivity contribution in [2.24, 2.45) is 5.73 Å². The Balaban J connectivity index is 1.62. The summed E-state index contributed by atoms with van der Waals surface area (Å²) < 4.78 is 27.0. The number of nitrogens with two attached hydrogens (primary N) is 1. The van der Waals surface area contributed by atoms with Gasteiger partial charge < -0.3 is 16.0 Å². The Morgan fingerprint density at radius 3 is 2.39 bits per heavy atom. The maximum atomic E-state index is 12.8. The highest BCUT2D eigenvalue weighted by Gasteiger charge is 2.26. The fraction of sp³-hybridized carbons (Fsp3) is 0.364. The average Bonchev–Trinajstić information content (AvgIpc) is 3.15. The van der Waals surface area contributed by atoms with Gasteiger partial charge in [-0.3, -0.25) is 9.59 Å². The van der Waals surface area contributed by atoms with Gasteiger partial charge in [0.25, 0.3) is 0 Å². The molecule has 0 bridgehead atoms. The molecule has 2 aromatic rings. The Morgan fingerprint density at radius 2 is 1.77 bits per heavy atom. The lowest BCUT2D eigenvalue weighted by Crippen LogP contribution is -2.30. The van der Waals surface area contributed by atoms with Crippen LogP contribution < -0.4 is 16.0 Å². The molecule has 0 saturated carbocycles. The van der Waals surface area contributed by atoms with Crippen LogP contribution in [0.25, 0.3) is 0 Å². The number of carbonyl (C=O) groups excluding carboxylic acids is 2. The second-order valence-corrected chi connectivity index (χ2v) is 9.29. The lowest BCUT2D eigenvalue weighted by Gasteiger charge is -2.21. The van der Waals surface area contributed by atoms with Crippen molar-refractivity contribution in [1.29, 1.82) is 0 Å². The van der Waals surface area contributed by atoms with Crippen molar-refractivity contribution in [2.75, 3.05) is 36.4 Å². The van der Waals surface area contributed by atoms with Crippen molar-refractivity contribution >= 4 is 33.2 Å². The summed E-state index contributed by atoms with van der Waals surface area (Å²) in [5.41, 5.74) is 8.15. The molecule has 0 aromatic heterocycles. The van der Waals surface area contributed by atoms with Crippen LogP contribution in [0.2, 0.25) is 0 Å². The van der Waals surface area contributed by atoms with Crippen LogP contribution >= 0.6 is 0 Å². The molecule has 2 amide bonds. The summed E-state index contributed by atoms with van der Waals surface area (Å²) in [6.07, 6.45) is 1.03. The Morgan fingerprint density at radius 1 is 1.10 bits per heavy atom. The number of hydrogen-bond donors (Lipinski definition) is 2. The van der Waals surface area contributed by atoms with Crippen LogP contribution in [0.1, 0.15) is 36.2 Å². The number of hydrogen-bond acceptors (Lipinski definition) is 5. The second-order valence-electron chi connectivity index (χ2n) is 7.36. The van der Waals surface area contributed by atoms with Crippen molar-refractivity contribution < 1.29 is 18.0 Å². The van der Waals surface area contributed by atoms with Crippen molar-refractivity contribution in [3.63, 3.8) is 0 Å². The van der Waals surface area contributed by atoms with E-state index >= 15 is 0 Å². The van der Waals surface area contributed by atoms with Crippen LogP contribution in [0, 0.1) is 0 Å². The zero-order chi connectivity index (χ0) is 22.6. The van der Waals surface area contributed by atoms with Gasteiger partial charge in [-0.1, -0.05) is 13.8 Å². The number of anilines is 2. The van der Waals surface area contributed by atoms with E-state index in [4.69, 9.17) is 5.73 Å². The van der Waals surface area contributed by atoms with Gasteiger partial charge in [0.2, 0.25) is 21.8 Å². The van der Waals surface area contributed by atoms with E-state index in [1.54, 1.807) is 36.4 Å². The Hall–Kier alpha value is -2.91. The molecule has 3 N–H and O–H groups in total. The molecule has 1 aliphatic heterocycles. The Bertz CT molecular complexity index is 1060. The summed E-state index contributed by atoms with van der Waals surface area (Å²) >= 11 is 0. The number of fused-ring (bicyclic) bond motifs is 1. The fourth-order valence-electron chi connectivity index (χ4n) is 3.73. The molecule has 0 unspecified atom stereocenters. The molecule has 0 radical (unpaired) electrons. The lowest BCUT2D eigenvalue weighted by atomic mass is 10.2. The van der Waals surface area contributed by atoms with Crippen molar-refractivity contribution in [3.8, 4) is 0 Å². The summed E-state index contributed by atoms with van der Waals surface area (Å²) in [6.45, 7) is 5.79. The summed E-state index contributed by atoms with van der Waals surface area (Å²) in [4.78, 5) is 25.8. The van der Waals surface area contributed by atoms with E-state index < -0.39 is 15.9 Å². The highest BCUT2D eigenvalue weighted by Crippen LogP contribution is 2.31. The van der Waals surface area contributed by atoms with Gasteiger partial charge in [0.1, 0.15) is 0 Å². The molecule has 3 rings (SSSR count). The quantitative estimate of drug-likeness (QED) is 0.616. The van der Waals surface area contributed by atoms with E-state index in [9.17, 15) is 18.0 Å². The van der Waals surface area contributed by atoms with Gasteiger partial charge in [0, 0.05) is 49.5 Å². The van der Waals surface area contributed by atoms with E-state index in [0.29, 0.717) is 35.8 Å². The molecule has 0 fully saturated rings. The van der Waals surface area contributed by atoms with Crippen LogP contribution in [-0.2, 0) is 21.2 Å². The molecule has 0 spiro atoms. The van der Waals surface area contributed by atoms with Crippen LogP contribution in [0.5, 0.6) is 0 Å². The molecule has 0 aliphatic carbocycles. The molecule has 1 aliphatic rings. The van der Waals surface area contributed by atoms with Crippen LogP contribution in [0.4, 0.5) is 11.4 Å². The summed E-state index contributed by atoms with van der Waals surface area (Å²) in [6, 6.07) is 11.6. The third kappa shape index (κ3) is 5.05. The van der Waals surface area contributed by atoms with E-state index in [1.807, 2.05) is 19.9 Å². The highest BCUT2D eigenvalue weighted by molar-refractivity contribution is 7.89. The summed E-state index contributed by atoms with van der Waals surface area (Å²) in [5.74, 6) is -0.653. The van der Waals surface area contributed by atoms with Crippen molar-refractivity contribution in [1.82, 2.24) is 4.31 Å². The molecule has 0 saturated heterocycles. The largest absolute Gasteiger partial charge is 0.370 e. The molecule has 2 aromatic carbocycles. The van der Waals surface area contributed by atoms with Gasteiger partial charge in [0.05, 0.1) is 4.90 Å². The fourth-order valence-corrected chi connectivity index (χ4v) is 5.24. The normalized spacial score (nSPS) is 13.3. The SMILES string of the molecule is CCN(CC)S(=O)(=O)c1ccc2c(c1)CCN2CCC(=O)Nc1ccc(C(N)=O)cc1. The number of nitrogens with one attached hydrogen (secondary N) is 1. The molecule has 0 atom stereocenters. The minimum Gasteiger partial charge on any atom is -0.370 e. The van der Waals surface area contributed by atoms with Crippen LogP contribution in [0.3, 0.4) is 0 Å². The first-order chi connectivity index (χ1) is 14.8. The van der Waals surface area contributed by atoms with E-state index in [-0.39, 0.29) is 12.3 Å². The van der Waals surface area contributed by atoms with Crippen LogP contribution in [0.15, 0.2) is 47.4 Å². The van der Waals surface area contributed by atoms with Gasteiger partial charge in [-0.15, -0.1) is 0 Å². The van der Waals surface area contributed by atoms with Crippen molar-refractivity contribution in [3.05, 3.63) is 53.6 Å². The van der Waals surface area contributed by atoms with E-state index in [2.05, 4.69) is 10.2 Å². The first-order valence-electron chi connectivity index (χ1n) is 10.3. The molecule has 8 nitrogen and oxygen atoms in total. The van der Waals surface area contributed by atoms with Crippen molar-refractivity contribution in [2.45, 2.75) is 31.6 Å². The van der Waals surface area contributed by atoms with Gasteiger partial charge in [-0.2, -0.15) is 4.31 Å². The maximum absolute atomic E-state index is 12.8. The van der Waals surface area contributed by atoms with Gasteiger partial charge in [0.15, 0.2) is 0 Å². The van der Waals surface area contributed by atoms with Gasteiger partial charge in [-0.05, 0) is 54.4 Å². The number of primary amides is 1. The minimum absolute atomic E-state index is 0.138. The zero-order valence-corrected chi connectivity index (χ0v) is 18.6. The topological polar surface area (TPSA) is 113 Å². The number of rotatable bonds is 9. The molecule has 31 heavy (non-hydrogen) atoms. The number of sulfonamides is 1. The monoisotopic (exact) mass is 444 g/mol. The standard InChI is InChI=1S/C22H28N4O4S/c1-3-26(4-2)31(29,30)19-9-10-20-17(15-19)11-13-25(20)14-12-21(27)24-18-7-5-16(6-8-18)22(23)28/h5-10,15H,3-4,11-14H2,1-2H3,(H2,23,28)(H,24,27). The van der Waals surface area contributed by atoms with Crippen LogP contribution in [-0.4, -0.2) is 50.7 Å². The predicted octanol–water partition coefficient (Wildman–Crippen LogP) is 2.21. The van der Waals surface area contributed by atoms with E-state index in [1.165, 1.54) is 4.31 Å². The molecule has 1 heterocycles. The summed E-state index contributed by atoms with van der Waals surface area (Å²) in [5, 5.41) is 2.81. The maximum Gasteiger partial charge on any atom is 0.248 e. The molecule has 9 heteroatoms. The predicted molar refractivity (Wildman–Crippen MR) is 121 cm³/mol. The molecular weight excluding hydrogens is 416 g/mol. The third-order valence-corrected chi connectivity index (χ3v) is 7.49. The number of benzene rings is 2. The Labute approximate surface area is 183 Å². The number of nitrogens with zero attached hydrogens (tertiary/aromatic N) is 2. The Kier molecular flexibility index (Phi) is 6.97. The second kappa shape index (κ2) is 9.49. The first-order valence-corrected chi connectivity index (χ1v) is 11.8. The first kappa shape index (κ1) is 22.8. The lowest BCUT2D eigenvalue weighted by molar-refractivity contribution is -0.116. The average molecular weight is 445 g/mol. The number of carbonyl (C=O) groups is 2.